The minimum Gasteiger partial charge on any atom is -0.439 e. The third-order valence-electron chi connectivity index (χ3n) is 3.76. The predicted octanol–water partition coefficient (Wildman–Crippen LogP) is 5.28. The molecule has 0 bridgehead atoms. The van der Waals surface area contributed by atoms with Crippen molar-refractivity contribution in [1.29, 1.82) is 0 Å². The normalized spacial score (nSPS) is 11.6. The largest absolute Gasteiger partial charge is 0.439 e. The third-order valence-corrected chi connectivity index (χ3v) is 6.83. The number of benzene rings is 2. The van der Waals surface area contributed by atoms with Gasteiger partial charge >= 0.3 is 0 Å². The van der Waals surface area contributed by atoms with Crippen LogP contribution in [0.15, 0.2) is 69.0 Å². The maximum absolute atomic E-state index is 12.6. The Hall–Kier alpha value is -2.39. The van der Waals surface area contributed by atoms with E-state index in [4.69, 9.17) is 27.6 Å². The first-order chi connectivity index (χ1) is 13.3. The Bertz CT molecular complexity index is 1290. The molecule has 142 valence electrons. The van der Waals surface area contributed by atoms with Gasteiger partial charge in [0.2, 0.25) is 14.9 Å². The molecule has 0 saturated heterocycles. The van der Waals surface area contributed by atoms with Crippen LogP contribution in [0.4, 0.5) is 5.13 Å². The minimum absolute atomic E-state index is 0.0151. The van der Waals surface area contributed by atoms with E-state index < -0.39 is 15.7 Å². The van der Waals surface area contributed by atoms with Gasteiger partial charge < -0.3 is 4.42 Å². The van der Waals surface area contributed by atoms with Crippen molar-refractivity contribution in [3.8, 4) is 0 Å². The number of thiazole rings is 1. The lowest BCUT2D eigenvalue weighted by Crippen LogP contribution is -2.10. The molecule has 0 atom stereocenters. The summed E-state index contributed by atoms with van der Waals surface area (Å²) >= 11 is 13.0. The highest BCUT2D eigenvalue weighted by Crippen LogP contribution is 2.29. The molecule has 0 unspecified atom stereocenters. The number of hydrogen-bond acceptors (Lipinski definition) is 6. The molecular formula is C18H10Cl2N2O4S2. The fraction of sp³-hybridized carbons (Fsp3) is 0. The summed E-state index contributed by atoms with van der Waals surface area (Å²) in [5.41, 5.74) is 0.690. The van der Waals surface area contributed by atoms with Crippen molar-refractivity contribution >= 4 is 65.6 Å². The van der Waals surface area contributed by atoms with Crippen LogP contribution in [0.25, 0.3) is 10.2 Å². The van der Waals surface area contributed by atoms with E-state index in [2.05, 4.69) is 10.3 Å². The van der Waals surface area contributed by atoms with Gasteiger partial charge in [-0.2, -0.15) is 0 Å². The predicted molar refractivity (Wildman–Crippen MR) is 108 cm³/mol. The zero-order valence-corrected chi connectivity index (χ0v) is 17.0. The van der Waals surface area contributed by atoms with Crippen molar-refractivity contribution in [3.05, 3.63) is 70.4 Å². The number of carbonyl (C=O) groups excluding carboxylic acids is 1. The number of carbonyl (C=O) groups is 1. The van der Waals surface area contributed by atoms with Crippen molar-refractivity contribution < 1.29 is 17.6 Å². The van der Waals surface area contributed by atoms with Crippen LogP contribution in [0.3, 0.4) is 0 Å². The van der Waals surface area contributed by atoms with Gasteiger partial charge in [0.15, 0.2) is 10.9 Å². The van der Waals surface area contributed by atoms with Crippen LogP contribution in [0.5, 0.6) is 0 Å². The van der Waals surface area contributed by atoms with E-state index in [-0.39, 0.29) is 15.7 Å². The lowest BCUT2D eigenvalue weighted by atomic mass is 10.3. The lowest BCUT2D eigenvalue weighted by molar-refractivity contribution is 0.0991. The number of amides is 1. The van der Waals surface area contributed by atoms with E-state index in [0.717, 1.165) is 4.70 Å². The highest BCUT2D eigenvalue weighted by Gasteiger charge is 2.24. The van der Waals surface area contributed by atoms with Gasteiger partial charge in [0.1, 0.15) is 0 Å². The molecule has 0 fully saturated rings. The van der Waals surface area contributed by atoms with Gasteiger partial charge in [-0.3, -0.25) is 10.1 Å². The number of sulfone groups is 1. The van der Waals surface area contributed by atoms with Crippen LogP contribution in [0, 0.1) is 0 Å². The monoisotopic (exact) mass is 452 g/mol. The number of nitrogens with one attached hydrogen (secondary N) is 1. The Morgan fingerprint density at radius 2 is 1.71 bits per heavy atom. The number of aromatic nitrogens is 1. The Morgan fingerprint density at radius 3 is 2.46 bits per heavy atom. The molecular weight excluding hydrogens is 443 g/mol. The molecule has 2 aromatic heterocycles. The fourth-order valence-corrected chi connectivity index (χ4v) is 4.86. The zero-order chi connectivity index (χ0) is 19.9. The maximum atomic E-state index is 12.6. The minimum atomic E-state index is -3.90. The summed E-state index contributed by atoms with van der Waals surface area (Å²) in [5, 5.41) is 3.59. The SMILES string of the molecule is O=C(Nc1nc2ccc(Cl)cc2s1)c1ccc(S(=O)(=O)c2ccc(Cl)cc2)o1. The molecule has 4 aromatic rings. The third kappa shape index (κ3) is 3.64. The summed E-state index contributed by atoms with van der Waals surface area (Å²) < 4.78 is 31.3. The molecule has 10 heteroatoms. The quantitative estimate of drug-likeness (QED) is 0.454. The molecule has 2 aromatic carbocycles. The van der Waals surface area contributed by atoms with Crippen LogP contribution < -0.4 is 5.32 Å². The molecule has 0 radical (unpaired) electrons. The number of rotatable bonds is 4. The summed E-state index contributed by atoms with van der Waals surface area (Å²) in [6, 6.07) is 13.4. The molecule has 4 rings (SSSR count). The van der Waals surface area contributed by atoms with Crippen LogP contribution in [0.1, 0.15) is 10.6 Å². The molecule has 0 spiro atoms. The Balaban J connectivity index is 1.57. The Labute approximate surface area is 173 Å². The van der Waals surface area contributed by atoms with Gasteiger partial charge in [0, 0.05) is 10.0 Å². The number of nitrogens with zero attached hydrogens (tertiary/aromatic N) is 1. The zero-order valence-electron chi connectivity index (χ0n) is 13.8. The van der Waals surface area contributed by atoms with E-state index >= 15 is 0 Å². The summed E-state index contributed by atoms with van der Waals surface area (Å²) in [6.07, 6.45) is 0. The summed E-state index contributed by atoms with van der Waals surface area (Å²) in [4.78, 5) is 16.7. The first-order valence-corrected chi connectivity index (χ1v) is 10.9. The summed E-state index contributed by atoms with van der Waals surface area (Å²) in [7, 11) is -3.90. The van der Waals surface area contributed by atoms with Crippen molar-refractivity contribution in [2.75, 3.05) is 5.32 Å². The van der Waals surface area contributed by atoms with Gasteiger partial charge in [-0.15, -0.1) is 0 Å². The first kappa shape index (κ1) is 18.9. The van der Waals surface area contributed by atoms with Gasteiger partial charge in [0.05, 0.1) is 15.1 Å². The van der Waals surface area contributed by atoms with Gasteiger partial charge in [-0.25, -0.2) is 13.4 Å². The maximum Gasteiger partial charge on any atom is 0.293 e. The summed E-state index contributed by atoms with van der Waals surface area (Å²) in [6.45, 7) is 0. The molecule has 0 aliphatic carbocycles. The number of anilines is 1. The van der Waals surface area contributed by atoms with E-state index in [9.17, 15) is 13.2 Å². The van der Waals surface area contributed by atoms with Gasteiger partial charge in [-0.1, -0.05) is 34.5 Å². The molecule has 28 heavy (non-hydrogen) atoms. The van der Waals surface area contributed by atoms with Crippen molar-refractivity contribution in [1.82, 2.24) is 4.98 Å². The molecule has 0 aliphatic heterocycles. The molecule has 2 heterocycles. The van der Waals surface area contributed by atoms with E-state index in [1.54, 1.807) is 18.2 Å². The molecule has 1 amide bonds. The second-order valence-electron chi connectivity index (χ2n) is 5.66. The van der Waals surface area contributed by atoms with Gasteiger partial charge in [-0.05, 0) is 54.6 Å². The fourth-order valence-electron chi connectivity index (χ4n) is 2.43. The average Bonchev–Trinajstić information content (AvgIpc) is 3.28. The van der Waals surface area contributed by atoms with Crippen molar-refractivity contribution in [2.45, 2.75) is 9.99 Å². The topological polar surface area (TPSA) is 89.3 Å². The molecule has 0 saturated carbocycles. The highest BCUT2D eigenvalue weighted by atomic mass is 35.5. The van der Waals surface area contributed by atoms with Crippen molar-refractivity contribution in [2.24, 2.45) is 0 Å². The number of hydrogen-bond donors (Lipinski definition) is 1. The van der Waals surface area contributed by atoms with Crippen LogP contribution >= 0.6 is 34.5 Å². The van der Waals surface area contributed by atoms with E-state index in [1.807, 2.05) is 0 Å². The second-order valence-corrected chi connectivity index (χ2v) is 9.45. The lowest BCUT2D eigenvalue weighted by Gasteiger charge is -2.01. The number of fused-ring (bicyclic) bond motifs is 1. The van der Waals surface area contributed by atoms with E-state index in [1.165, 1.54) is 47.7 Å². The molecule has 0 aliphatic rings. The van der Waals surface area contributed by atoms with Gasteiger partial charge in [0.25, 0.3) is 5.91 Å². The standard InChI is InChI=1S/C18H10Cl2N2O4S2/c19-10-1-4-12(5-2-10)28(24,25)16-8-7-14(26-16)17(23)22-18-21-13-6-3-11(20)9-15(13)27-18/h1-9H,(H,21,22,23). The number of halogens is 2. The Morgan fingerprint density at radius 1 is 1.00 bits per heavy atom. The smallest absolute Gasteiger partial charge is 0.293 e. The van der Waals surface area contributed by atoms with Crippen LogP contribution in [-0.4, -0.2) is 19.3 Å². The second kappa shape index (κ2) is 7.21. The van der Waals surface area contributed by atoms with Crippen LogP contribution in [-0.2, 0) is 9.84 Å². The van der Waals surface area contributed by atoms with Crippen molar-refractivity contribution in [3.63, 3.8) is 0 Å². The molecule has 6 nitrogen and oxygen atoms in total. The highest BCUT2D eigenvalue weighted by molar-refractivity contribution is 7.91. The van der Waals surface area contributed by atoms with Crippen LogP contribution in [0.2, 0.25) is 10.0 Å². The Kier molecular flexibility index (Phi) is 4.88. The first-order valence-electron chi connectivity index (χ1n) is 7.81. The van der Waals surface area contributed by atoms with E-state index in [0.29, 0.717) is 20.7 Å². The summed E-state index contributed by atoms with van der Waals surface area (Å²) in [5.74, 6) is -0.757. The number of furan rings is 1. The molecule has 1 N–H and O–H groups in total. The average molecular weight is 453 g/mol.